The molecule has 0 radical (unpaired) electrons. The second kappa shape index (κ2) is 6.51. The molecule has 0 bridgehead atoms. The quantitative estimate of drug-likeness (QED) is 0.477. The summed E-state index contributed by atoms with van der Waals surface area (Å²) in [5, 5.41) is 0. The molecule has 7 heteroatoms. The van der Waals surface area contributed by atoms with Crippen molar-refractivity contribution in [1.82, 2.24) is 4.98 Å². The number of hydrogen-bond acceptors (Lipinski definition) is 5. The largest absolute Gasteiger partial charge is 0.436 e. The number of para-hydroxylation sites is 1. The first-order chi connectivity index (χ1) is 12.9. The highest BCUT2D eigenvalue weighted by atomic mass is 32.2. The van der Waals surface area contributed by atoms with E-state index < -0.39 is 15.9 Å². The van der Waals surface area contributed by atoms with Crippen LogP contribution in [-0.4, -0.2) is 13.4 Å². The van der Waals surface area contributed by atoms with Gasteiger partial charge in [0.05, 0.1) is 5.56 Å². The van der Waals surface area contributed by atoms with Crippen LogP contribution in [0, 0.1) is 12.7 Å². The van der Waals surface area contributed by atoms with Crippen LogP contribution in [0.1, 0.15) is 5.56 Å². The molecule has 1 aromatic heterocycles. The van der Waals surface area contributed by atoms with Gasteiger partial charge in [0.2, 0.25) is 5.89 Å². The van der Waals surface area contributed by atoms with Crippen molar-refractivity contribution in [1.29, 1.82) is 0 Å². The van der Waals surface area contributed by atoms with Gasteiger partial charge in [0.25, 0.3) is 0 Å². The number of hydrogen-bond donors (Lipinski definition) is 0. The van der Waals surface area contributed by atoms with Crippen LogP contribution >= 0.6 is 0 Å². The van der Waals surface area contributed by atoms with Crippen molar-refractivity contribution in [3.63, 3.8) is 0 Å². The van der Waals surface area contributed by atoms with Gasteiger partial charge in [-0.25, -0.2) is 9.37 Å². The summed E-state index contributed by atoms with van der Waals surface area (Å²) in [4.78, 5) is 4.28. The van der Waals surface area contributed by atoms with E-state index in [2.05, 4.69) is 4.98 Å². The van der Waals surface area contributed by atoms with Crippen molar-refractivity contribution in [2.45, 2.75) is 11.8 Å². The average molecular weight is 383 g/mol. The maximum atomic E-state index is 13.1. The summed E-state index contributed by atoms with van der Waals surface area (Å²) >= 11 is 0. The van der Waals surface area contributed by atoms with Crippen LogP contribution in [-0.2, 0) is 10.1 Å². The van der Waals surface area contributed by atoms with Crippen LogP contribution in [0.2, 0.25) is 0 Å². The van der Waals surface area contributed by atoms with Crippen molar-refractivity contribution in [3.05, 3.63) is 78.1 Å². The van der Waals surface area contributed by atoms with E-state index in [4.69, 9.17) is 8.60 Å². The lowest BCUT2D eigenvalue weighted by Crippen LogP contribution is -2.10. The molecule has 27 heavy (non-hydrogen) atoms. The van der Waals surface area contributed by atoms with Crippen LogP contribution in [0.4, 0.5) is 4.39 Å². The van der Waals surface area contributed by atoms with Crippen LogP contribution < -0.4 is 4.18 Å². The fraction of sp³-hybridized carbons (Fsp3) is 0.0500. The highest BCUT2D eigenvalue weighted by molar-refractivity contribution is 7.87. The first-order valence-electron chi connectivity index (χ1n) is 8.09. The number of benzene rings is 3. The molecule has 0 atom stereocenters. The molecule has 0 unspecified atom stereocenters. The number of aromatic nitrogens is 1. The number of fused-ring (bicyclic) bond motifs is 1. The number of aryl methyl sites for hydroxylation is 1. The summed E-state index contributed by atoms with van der Waals surface area (Å²) in [6, 6.07) is 16.5. The van der Waals surface area contributed by atoms with Crippen molar-refractivity contribution < 1.29 is 21.4 Å². The van der Waals surface area contributed by atoms with Crippen LogP contribution in [0.15, 0.2) is 76.0 Å². The van der Waals surface area contributed by atoms with E-state index in [9.17, 15) is 12.8 Å². The van der Waals surface area contributed by atoms with Crippen LogP contribution in [0.5, 0.6) is 5.75 Å². The smallest absolute Gasteiger partial charge is 0.339 e. The van der Waals surface area contributed by atoms with E-state index in [-0.39, 0.29) is 16.5 Å². The van der Waals surface area contributed by atoms with Gasteiger partial charge in [-0.1, -0.05) is 18.2 Å². The van der Waals surface area contributed by atoms with Gasteiger partial charge in [-0.05, 0) is 61.0 Å². The number of oxazole rings is 1. The second-order valence-corrected chi connectivity index (χ2v) is 7.52. The van der Waals surface area contributed by atoms with Gasteiger partial charge in [0.1, 0.15) is 16.2 Å². The predicted octanol–water partition coefficient (Wildman–Crippen LogP) is 4.71. The van der Waals surface area contributed by atoms with Gasteiger partial charge in [-0.3, -0.25) is 0 Å². The third-order valence-electron chi connectivity index (χ3n) is 3.96. The topological polar surface area (TPSA) is 69.4 Å². The Morgan fingerprint density at radius 2 is 1.74 bits per heavy atom. The van der Waals surface area contributed by atoms with Crippen molar-refractivity contribution in [2.24, 2.45) is 0 Å². The molecule has 1 heterocycles. The number of nitrogens with zero attached hydrogens (tertiary/aromatic N) is 1. The zero-order chi connectivity index (χ0) is 19.0. The lowest BCUT2D eigenvalue weighted by molar-refractivity contribution is 0.485. The van der Waals surface area contributed by atoms with Gasteiger partial charge in [0, 0.05) is 0 Å². The SMILES string of the molecule is Cc1ccc2oc(-c3ccccc3OS(=O)(=O)c3ccc(F)cc3)nc2c1. The molecule has 0 aliphatic rings. The molecule has 0 aliphatic heterocycles. The molecule has 4 aromatic rings. The standard InChI is InChI=1S/C20H14FNO4S/c1-13-6-11-19-17(12-13)22-20(25-19)16-4-2-3-5-18(16)26-27(23,24)15-9-7-14(21)8-10-15/h2-12H,1H3. The Hall–Kier alpha value is -3.19. The molecule has 0 spiro atoms. The van der Waals surface area contributed by atoms with E-state index in [1.165, 1.54) is 6.07 Å². The molecule has 0 N–H and O–H groups in total. The fourth-order valence-electron chi connectivity index (χ4n) is 2.64. The van der Waals surface area contributed by atoms with E-state index in [0.29, 0.717) is 16.7 Å². The maximum absolute atomic E-state index is 13.1. The third-order valence-corrected chi connectivity index (χ3v) is 5.21. The van der Waals surface area contributed by atoms with Crippen molar-refractivity contribution in [3.8, 4) is 17.2 Å². The zero-order valence-corrected chi connectivity index (χ0v) is 15.0. The summed E-state index contributed by atoms with van der Waals surface area (Å²) < 4.78 is 49.1. The van der Waals surface area contributed by atoms with Gasteiger partial charge in [0.15, 0.2) is 11.3 Å². The fourth-order valence-corrected chi connectivity index (χ4v) is 3.58. The molecule has 0 fully saturated rings. The minimum absolute atomic E-state index is 0.0742. The molecule has 3 aromatic carbocycles. The molecule has 5 nitrogen and oxygen atoms in total. The highest BCUT2D eigenvalue weighted by Gasteiger charge is 2.21. The Morgan fingerprint density at radius 1 is 1.00 bits per heavy atom. The highest BCUT2D eigenvalue weighted by Crippen LogP contribution is 2.33. The molecule has 0 saturated heterocycles. The first kappa shape index (κ1) is 17.2. The summed E-state index contributed by atoms with van der Waals surface area (Å²) in [5.41, 5.74) is 2.69. The summed E-state index contributed by atoms with van der Waals surface area (Å²) in [7, 11) is -4.13. The minimum atomic E-state index is -4.13. The molecule has 4 rings (SSSR count). The normalized spacial score (nSPS) is 11.6. The van der Waals surface area contributed by atoms with E-state index in [1.807, 2.05) is 19.1 Å². The molecule has 0 amide bonds. The lowest BCUT2D eigenvalue weighted by atomic mass is 10.2. The molecular weight excluding hydrogens is 369 g/mol. The molecular formula is C20H14FNO4S. The predicted molar refractivity (Wildman–Crippen MR) is 98.4 cm³/mol. The van der Waals surface area contributed by atoms with E-state index in [1.54, 1.807) is 24.3 Å². The number of rotatable bonds is 4. The van der Waals surface area contributed by atoms with Crippen molar-refractivity contribution >= 4 is 21.2 Å². The van der Waals surface area contributed by atoms with Gasteiger partial charge in [-0.2, -0.15) is 8.42 Å². The molecule has 0 saturated carbocycles. The minimum Gasteiger partial charge on any atom is -0.436 e. The second-order valence-electron chi connectivity index (χ2n) is 5.98. The monoisotopic (exact) mass is 383 g/mol. The Kier molecular flexibility index (Phi) is 4.16. The Labute approximate surface area is 155 Å². The zero-order valence-electron chi connectivity index (χ0n) is 14.2. The maximum Gasteiger partial charge on any atom is 0.339 e. The summed E-state index contributed by atoms with van der Waals surface area (Å²) in [6.07, 6.45) is 0. The van der Waals surface area contributed by atoms with E-state index >= 15 is 0 Å². The first-order valence-corrected chi connectivity index (χ1v) is 9.50. The third kappa shape index (κ3) is 3.41. The Balaban J connectivity index is 1.75. The van der Waals surface area contributed by atoms with Crippen LogP contribution in [0.3, 0.4) is 0 Å². The molecule has 0 aliphatic carbocycles. The van der Waals surface area contributed by atoms with Crippen LogP contribution in [0.25, 0.3) is 22.6 Å². The van der Waals surface area contributed by atoms with Gasteiger partial charge in [-0.15, -0.1) is 0 Å². The summed E-state index contributed by atoms with van der Waals surface area (Å²) in [6.45, 7) is 1.94. The molecule has 136 valence electrons. The lowest BCUT2D eigenvalue weighted by Gasteiger charge is -2.09. The number of halogens is 1. The Bertz CT molecular complexity index is 1230. The Morgan fingerprint density at radius 3 is 2.52 bits per heavy atom. The van der Waals surface area contributed by atoms with Crippen molar-refractivity contribution in [2.75, 3.05) is 0 Å². The van der Waals surface area contributed by atoms with E-state index in [0.717, 1.165) is 29.8 Å². The van der Waals surface area contributed by atoms with Gasteiger partial charge >= 0.3 is 10.1 Å². The summed E-state index contributed by atoms with van der Waals surface area (Å²) in [5.74, 6) is -0.207. The van der Waals surface area contributed by atoms with Gasteiger partial charge < -0.3 is 8.60 Å². The average Bonchev–Trinajstić information content (AvgIpc) is 3.05.